The second-order valence-electron chi connectivity index (χ2n) is 5.14. The molecule has 0 bridgehead atoms. The number of guanidine groups is 1. The maximum Gasteiger partial charge on any atom is 0.250 e. The molecular weight excluding hydrogens is 402 g/mol. The smallest absolute Gasteiger partial charge is 0.250 e. The average Bonchev–Trinajstić information content (AvgIpc) is 3.16. The summed E-state index contributed by atoms with van der Waals surface area (Å²) in [5.74, 6) is 0.670. The Kier molecular flexibility index (Phi) is 7.20. The van der Waals surface area contributed by atoms with Crippen LogP contribution in [0.5, 0.6) is 0 Å². The normalized spacial score (nSPS) is 12.4. The van der Waals surface area contributed by atoms with Crippen molar-refractivity contribution in [1.29, 1.82) is 0 Å². The van der Waals surface area contributed by atoms with Crippen molar-refractivity contribution in [2.24, 2.45) is 4.99 Å². The quantitative estimate of drug-likeness (QED) is 0.406. The van der Waals surface area contributed by atoms with Gasteiger partial charge in [0.25, 0.3) is 0 Å². The fraction of sp³-hybridized carbons (Fsp3) is 0.429. The van der Waals surface area contributed by atoms with Crippen LogP contribution in [0.15, 0.2) is 26.7 Å². The number of rotatable bonds is 7. The Morgan fingerprint density at radius 2 is 2.16 bits per heavy atom. The van der Waals surface area contributed by atoms with E-state index in [9.17, 15) is 8.42 Å². The van der Waals surface area contributed by atoms with Crippen LogP contribution in [0.4, 0.5) is 0 Å². The number of thiazole rings is 1. The lowest BCUT2D eigenvalue weighted by atomic mass is 10.4. The van der Waals surface area contributed by atoms with Gasteiger partial charge < -0.3 is 10.2 Å². The Balaban J connectivity index is 1.81. The first kappa shape index (κ1) is 20.1. The lowest BCUT2D eigenvalue weighted by molar-refractivity contribution is 0.471. The molecule has 0 saturated heterocycles. The summed E-state index contributed by atoms with van der Waals surface area (Å²) in [6.07, 6.45) is 0. The van der Waals surface area contributed by atoms with E-state index in [0.29, 0.717) is 23.4 Å². The molecular formula is C14H20ClN5O2S3. The van der Waals surface area contributed by atoms with Crippen LogP contribution < -0.4 is 10.0 Å². The van der Waals surface area contributed by atoms with E-state index in [1.165, 1.54) is 6.07 Å². The van der Waals surface area contributed by atoms with Crippen LogP contribution in [0.25, 0.3) is 0 Å². The van der Waals surface area contributed by atoms with Crippen LogP contribution in [0.2, 0.25) is 4.34 Å². The van der Waals surface area contributed by atoms with Gasteiger partial charge in [-0.2, -0.15) is 0 Å². The molecule has 0 unspecified atom stereocenters. The number of thiophene rings is 1. The molecule has 0 aliphatic heterocycles. The highest BCUT2D eigenvalue weighted by Crippen LogP contribution is 2.25. The Morgan fingerprint density at radius 1 is 1.40 bits per heavy atom. The van der Waals surface area contributed by atoms with Crippen LogP contribution in [0.3, 0.4) is 0 Å². The zero-order valence-corrected chi connectivity index (χ0v) is 17.3. The number of sulfonamides is 1. The molecule has 2 N–H and O–H groups in total. The number of halogens is 1. The topological polar surface area (TPSA) is 86.7 Å². The van der Waals surface area contributed by atoms with Gasteiger partial charge in [-0.3, -0.25) is 4.99 Å². The second kappa shape index (κ2) is 8.95. The van der Waals surface area contributed by atoms with Crippen LogP contribution >= 0.6 is 34.3 Å². The molecule has 2 aromatic rings. The largest absolute Gasteiger partial charge is 0.355 e. The summed E-state index contributed by atoms with van der Waals surface area (Å²) >= 11 is 8.41. The van der Waals surface area contributed by atoms with E-state index in [-0.39, 0.29) is 10.8 Å². The number of aromatic nitrogens is 1. The van der Waals surface area contributed by atoms with E-state index in [1.807, 2.05) is 24.3 Å². The van der Waals surface area contributed by atoms with Gasteiger partial charge in [0.15, 0.2) is 5.96 Å². The molecule has 0 spiro atoms. The van der Waals surface area contributed by atoms with Crippen LogP contribution in [0, 0.1) is 6.92 Å². The molecule has 0 atom stereocenters. The highest BCUT2D eigenvalue weighted by Gasteiger charge is 2.16. The van der Waals surface area contributed by atoms with Gasteiger partial charge in [-0.25, -0.2) is 18.1 Å². The summed E-state index contributed by atoms with van der Waals surface area (Å²) < 4.78 is 27.4. The summed E-state index contributed by atoms with van der Waals surface area (Å²) in [7, 11) is 0.0599. The molecule has 138 valence electrons. The Morgan fingerprint density at radius 3 is 2.72 bits per heavy atom. The lowest BCUT2D eigenvalue weighted by Crippen LogP contribution is -2.42. The minimum Gasteiger partial charge on any atom is -0.355 e. The molecule has 2 rings (SSSR count). The Bertz CT molecular complexity index is 831. The third kappa shape index (κ3) is 5.93. The van der Waals surface area contributed by atoms with Crippen LogP contribution in [0.1, 0.15) is 10.7 Å². The van der Waals surface area contributed by atoms with Crippen molar-refractivity contribution in [2.45, 2.75) is 17.7 Å². The van der Waals surface area contributed by atoms with E-state index >= 15 is 0 Å². The SMILES string of the molecule is CN=C(NCCNS(=O)(=O)c1ccc(Cl)s1)N(C)Cc1csc(C)n1. The first-order valence-electron chi connectivity index (χ1n) is 7.39. The van der Waals surface area contributed by atoms with Gasteiger partial charge in [-0.1, -0.05) is 11.6 Å². The number of nitrogens with zero attached hydrogens (tertiary/aromatic N) is 3. The highest BCUT2D eigenvalue weighted by molar-refractivity contribution is 7.91. The molecule has 25 heavy (non-hydrogen) atoms. The number of aryl methyl sites for hydroxylation is 1. The van der Waals surface area contributed by atoms with Gasteiger partial charge in [-0.15, -0.1) is 22.7 Å². The fourth-order valence-corrected chi connectivity index (χ4v) is 5.22. The van der Waals surface area contributed by atoms with E-state index in [2.05, 4.69) is 20.0 Å². The molecule has 0 aliphatic rings. The minimum absolute atomic E-state index is 0.206. The molecule has 0 amide bonds. The van der Waals surface area contributed by atoms with Crippen molar-refractivity contribution in [3.05, 3.63) is 32.6 Å². The molecule has 0 aromatic carbocycles. The van der Waals surface area contributed by atoms with E-state index in [4.69, 9.17) is 11.6 Å². The molecule has 0 aliphatic carbocycles. The van der Waals surface area contributed by atoms with E-state index in [0.717, 1.165) is 22.0 Å². The standard InChI is InChI=1S/C14H20ClN5O2S3/c1-10-19-11(9-23-10)8-20(3)14(16-2)17-6-7-18-25(21,22)13-5-4-12(15)24-13/h4-5,9,18H,6-8H2,1-3H3,(H,16,17). The summed E-state index contributed by atoms with van der Waals surface area (Å²) in [6, 6.07) is 3.06. The summed E-state index contributed by atoms with van der Waals surface area (Å²) in [5.41, 5.74) is 0.975. The number of hydrogen-bond acceptors (Lipinski definition) is 6. The maximum atomic E-state index is 12.1. The summed E-state index contributed by atoms with van der Waals surface area (Å²) in [6.45, 7) is 3.24. The average molecular weight is 422 g/mol. The van der Waals surface area contributed by atoms with Crippen molar-refractivity contribution in [3.8, 4) is 0 Å². The second-order valence-corrected chi connectivity index (χ2v) is 9.92. The van der Waals surface area contributed by atoms with Gasteiger partial charge >= 0.3 is 0 Å². The minimum atomic E-state index is -3.53. The van der Waals surface area contributed by atoms with Crippen LogP contribution in [-0.2, 0) is 16.6 Å². The van der Waals surface area contributed by atoms with Gasteiger partial charge in [0.2, 0.25) is 10.0 Å². The third-order valence-electron chi connectivity index (χ3n) is 3.15. The maximum absolute atomic E-state index is 12.1. The molecule has 7 nitrogen and oxygen atoms in total. The molecule has 2 heterocycles. The number of aliphatic imine (C=N–C) groups is 1. The van der Waals surface area contributed by atoms with E-state index < -0.39 is 10.0 Å². The fourth-order valence-electron chi connectivity index (χ4n) is 2.06. The molecule has 2 aromatic heterocycles. The van der Waals surface area contributed by atoms with Crippen molar-refractivity contribution in [1.82, 2.24) is 19.9 Å². The lowest BCUT2D eigenvalue weighted by Gasteiger charge is -2.21. The molecule has 0 radical (unpaired) electrons. The van der Waals surface area contributed by atoms with Gasteiger partial charge in [0.05, 0.1) is 21.6 Å². The predicted molar refractivity (Wildman–Crippen MR) is 104 cm³/mol. The summed E-state index contributed by atoms with van der Waals surface area (Å²) in [5, 5.41) is 6.16. The Hall–Kier alpha value is -1.20. The first-order valence-corrected chi connectivity index (χ1v) is 11.0. The highest BCUT2D eigenvalue weighted by atomic mass is 35.5. The number of hydrogen-bond donors (Lipinski definition) is 2. The predicted octanol–water partition coefficient (Wildman–Crippen LogP) is 2.15. The van der Waals surface area contributed by atoms with E-state index in [1.54, 1.807) is 24.5 Å². The first-order chi connectivity index (χ1) is 11.8. The molecule has 0 saturated carbocycles. The van der Waals surface area contributed by atoms with Gasteiger partial charge in [-0.05, 0) is 19.1 Å². The summed E-state index contributed by atoms with van der Waals surface area (Å²) in [4.78, 5) is 10.6. The number of nitrogens with one attached hydrogen (secondary N) is 2. The van der Waals surface area contributed by atoms with Crippen molar-refractivity contribution >= 4 is 50.3 Å². The monoisotopic (exact) mass is 421 g/mol. The molecule has 0 fully saturated rings. The van der Waals surface area contributed by atoms with Crippen molar-refractivity contribution in [3.63, 3.8) is 0 Å². The van der Waals surface area contributed by atoms with Crippen LogP contribution in [-0.4, -0.2) is 51.4 Å². The van der Waals surface area contributed by atoms with Gasteiger partial charge in [0, 0.05) is 32.6 Å². The van der Waals surface area contributed by atoms with Gasteiger partial charge in [0.1, 0.15) is 4.21 Å². The zero-order chi connectivity index (χ0) is 18.4. The Labute approximate surface area is 160 Å². The van der Waals surface area contributed by atoms with Crippen molar-refractivity contribution in [2.75, 3.05) is 27.2 Å². The zero-order valence-electron chi connectivity index (χ0n) is 14.1. The molecule has 11 heteroatoms. The third-order valence-corrected chi connectivity index (χ3v) is 7.16. The van der Waals surface area contributed by atoms with Crippen molar-refractivity contribution < 1.29 is 8.42 Å².